The first-order chi connectivity index (χ1) is 14.0. The Morgan fingerprint density at radius 3 is 2.76 bits per heavy atom. The molecule has 8 nitrogen and oxygen atoms in total. The second-order valence-corrected chi connectivity index (χ2v) is 8.92. The molecule has 152 valence electrons. The normalized spacial score (nSPS) is 17.6. The molecule has 0 aliphatic carbocycles. The number of fused-ring (bicyclic) bond motifs is 1. The van der Waals surface area contributed by atoms with E-state index in [1.54, 1.807) is 59.4 Å². The molecule has 3 aromatic rings. The molecule has 9 heteroatoms. The number of sulfonamides is 1. The molecule has 1 saturated heterocycles. The summed E-state index contributed by atoms with van der Waals surface area (Å²) in [5.74, 6) is -0.222. The number of carbonyl (C=O) groups excluding carboxylic acids is 1. The third-order valence-corrected chi connectivity index (χ3v) is 7.13. The minimum absolute atomic E-state index is 0.172. The standard InChI is InChI=1S/C20H22N4O4S/c25-14-17-2-1-10-24(17)29(27,28)18-6-3-15(4-7-18)12-22-20(26)16-5-8-19-21-9-11-23(19)13-16/h3-9,11,13,17,25H,1-2,10,12,14H2,(H,22,26)/t17-/m1/s1. The van der Waals surface area contributed by atoms with Crippen molar-refractivity contribution < 1.29 is 18.3 Å². The van der Waals surface area contributed by atoms with E-state index in [2.05, 4.69) is 10.3 Å². The lowest BCUT2D eigenvalue weighted by Crippen LogP contribution is -2.37. The van der Waals surface area contributed by atoms with Crippen LogP contribution in [-0.2, 0) is 16.6 Å². The van der Waals surface area contributed by atoms with Crippen LogP contribution in [0, 0.1) is 0 Å². The maximum atomic E-state index is 12.8. The Morgan fingerprint density at radius 2 is 2.00 bits per heavy atom. The molecule has 1 fully saturated rings. The highest BCUT2D eigenvalue weighted by Gasteiger charge is 2.34. The Bertz CT molecular complexity index is 1120. The van der Waals surface area contributed by atoms with E-state index in [9.17, 15) is 18.3 Å². The number of hydrogen-bond acceptors (Lipinski definition) is 5. The minimum atomic E-state index is -3.63. The molecule has 29 heavy (non-hydrogen) atoms. The van der Waals surface area contributed by atoms with Crippen LogP contribution in [0.5, 0.6) is 0 Å². The average molecular weight is 414 g/mol. The molecule has 4 rings (SSSR count). The summed E-state index contributed by atoms with van der Waals surface area (Å²) >= 11 is 0. The van der Waals surface area contributed by atoms with E-state index in [0.29, 0.717) is 18.5 Å². The summed E-state index contributed by atoms with van der Waals surface area (Å²) in [6.07, 6.45) is 6.57. The van der Waals surface area contributed by atoms with Crippen LogP contribution in [0.15, 0.2) is 59.9 Å². The van der Waals surface area contributed by atoms with Crippen LogP contribution < -0.4 is 5.32 Å². The van der Waals surface area contributed by atoms with Gasteiger partial charge < -0.3 is 14.8 Å². The maximum absolute atomic E-state index is 12.8. The first kappa shape index (κ1) is 19.6. The van der Waals surface area contributed by atoms with Gasteiger partial charge in [0.15, 0.2) is 0 Å². The lowest BCUT2D eigenvalue weighted by molar-refractivity contribution is 0.0950. The molecule has 1 aliphatic rings. The van der Waals surface area contributed by atoms with Crippen molar-refractivity contribution in [1.82, 2.24) is 19.0 Å². The van der Waals surface area contributed by atoms with E-state index in [1.165, 1.54) is 4.31 Å². The number of aromatic nitrogens is 2. The Hall–Kier alpha value is -2.75. The number of nitrogens with one attached hydrogen (secondary N) is 1. The highest BCUT2D eigenvalue weighted by atomic mass is 32.2. The summed E-state index contributed by atoms with van der Waals surface area (Å²) in [7, 11) is -3.63. The highest BCUT2D eigenvalue weighted by Crippen LogP contribution is 2.26. The molecular formula is C20H22N4O4S. The molecule has 1 aliphatic heterocycles. The molecule has 0 unspecified atom stereocenters. The zero-order valence-corrected chi connectivity index (χ0v) is 16.5. The Labute approximate surface area is 168 Å². The molecule has 2 aromatic heterocycles. The van der Waals surface area contributed by atoms with Crippen LogP contribution >= 0.6 is 0 Å². The molecule has 1 aromatic carbocycles. The number of rotatable bonds is 6. The van der Waals surface area contributed by atoms with Crippen LogP contribution in [0.25, 0.3) is 5.65 Å². The number of nitrogens with zero attached hydrogens (tertiary/aromatic N) is 3. The van der Waals surface area contributed by atoms with E-state index in [0.717, 1.165) is 17.6 Å². The van der Waals surface area contributed by atoms with Gasteiger partial charge in [-0.15, -0.1) is 0 Å². The summed E-state index contributed by atoms with van der Waals surface area (Å²) in [6, 6.07) is 9.59. The number of imidazole rings is 1. The van der Waals surface area contributed by atoms with Crippen molar-refractivity contribution >= 4 is 21.6 Å². The Balaban J connectivity index is 1.42. The quantitative estimate of drug-likeness (QED) is 0.635. The predicted molar refractivity (Wildman–Crippen MR) is 107 cm³/mol. The smallest absolute Gasteiger partial charge is 0.253 e. The third-order valence-electron chi connectivity index (χ3n) is 5.17. The number of hydrogen-bond donors (Lipinski definition) is 2. The van der Waals surface area contributed by atoms with E-state index in [-0.39, 0.29) is 30.0 Å². The number of amides is 1. The summed E-state index contributed by atoms with van der Waals surface area (Å²) in [5.41, 5.74) is 2.07. The van der Waals surface area contributed by atoms with Gasteiger partial charge in [0, 0.05) is 37.7 Å². The molecule has 1 amide bonds. The van der Waals surface area contributed by atoms with Gasteiger partial charge in [-0.25, -0.2) is 13.4 Å². The van der Waals surface area contributed by atoms with Crippen LogP contribution in [0.3, 0.4) is 0 Å². The van der Waals surface area contributed by atoms with Gasteiger partial charge in [-0.1, -0.05) is 12.1 Å². The van der Waals surface area contributed by atoms with Crippen molar-refractivity contribution in [2.45, 2.75) is 30.3 Å². The van der Waals surface area contributed by atoms with Gasteiger partial charge in [-0.05, 0) is 42.7 Å². The molecule has 0 radical (unpaired) electrons. The molecule has 0 saturated carbocycles. The van der Waals surface area contributed by atoms with E-state index in [4.69, 9.17) is 0 Å². The third kappa shape index (κ3) is 3.89. The van der Waals surface area contributed by atoms with E-state index in [1.807, 2.05) is 0 Å². The average Bonchev–Trinajstić information content (AvgIpc) is 3.41. The molecule has 0 bridgehead atoms. The summed E-state index contributed by atoms with van der Waals surface area (Å²) < 4.78 is 28.7. The second kappa shape index (κ2) is 7.94. The predicted octanol–water partition coefficient (Wildman–Crippen LogP) is 1.41. The van der Waals surface area contributed by atoms with Crippen molar-refractivity contribution in [3.63, 3.8) is 0 Å². The van der Waals surface area contributed by atoms with Crippen LogP contribution in [0.1, 0.15) is 28.8 Å². The Morgan fingerprint density at radius 1 is 1.21 bits per heavy atom. The van der Waals surface area contributed by atoms with Crippen LogP contribution in [0.2, 0.25) is 0 Å². The zero-order valence-electron chi connectivity index (χ0n) is 15.7. The van der Waals surface area contributed by atoms with Crippen molar-refractivity contribution in [1.29, 1.82) is 0 Å². The number of pyridine rings is 1. The van der Waals surface area contributed by atoms with Crippen molar-refractivity contribution in [2.24, 2.45) is 0 Å². The lowest BCUT2D eigenvalue weighted by atomic mass is 10.2. The summed E-state index contributed by atoms with van der Waals surface area (Å²) in [4.78, 5) is 16.7. The molecule has 3 heterocycles. The molecular weight excluding hydrogens is 392 g/mol. The summed E-state index contributed by atoms with van der Waals surface area (Å²) in [5, 5.41) is 12.2. The van der Waals surface area contributed by atoms with Crippen molar-refractivity contribution in [3.8, 4) is 0 Å². The minimum Gasteiger partial charge on any atom is -0.395 e. The summed E-state index contributed by atoms with van der Waals surface area (Å²) in [6.45, 7) is 0.533. The van der Waals surface area contributed by atoms with Crippen molar-refractivity contribution in [2.75, 3.05) is 13.2 Å². The topological polar surface area (TPSA) is 104 Å². The second-order valence-electron chi connectivity index (χ2n) is 7.03. The first-order valence-electron chi connectivity index (χ1n) is 9.41. The Kier molecular flexibility index (Phi) is 5.35. The van der Waals surface area contributed by atoms with Crippen molar-refractivity contribution in [3.05, 3.63) is 66.1 Å². The number of aliphatic hydroxyl groups excluding tert-OH is 1. The number of carbonyl (C=O) groups is 1. The lowest BCUT2D eigenvalue weighted by Gasteiger charge is -2.22. The SMILES string of the molecule is O=C(NCc1ccc(S(=O)(=O)N2CCC[C@@H]2CO)cc1)c1ccc2nccn2c1. The molecule has 0 spiro atoms. The largest absolute Gasteiger partial charge is 0.395 e. The van der Waals surface area contributed by atoms with Gasteiger partial charge in [0.25, 0.3) is 5.91 Å². The van der Waals surface area contributed by atoms with Crippen LogP contribution in [-0.4, -0.2) is 52.3 Å². The van der Waals surface area contributed by atoms with E-state index >= 15 is 0 Å². The van der Waals surface area contributed by atoms with Gasteiger partial charge >= 0.3 is 0 Å². The van der Waals surface area contributed by atoms with E-state index < -0.39 is 10.0 Å². The molecule has 2 N–H and O–H groups in total. The number of benzene rings is 1. The highest BCUT2D eigenvalue weighted by molar-refractivity contribution is 7.89. The van der Waals surface area contributed by atoms with Gasteiger partial charge in [0.05, 0.1) is 17.1 Å². The maximum Gasteiger partial charge on any atom is 0.253 e. The fourth-order valence-electron chi connectivity index (χ4n) is 3.56. The zero-order chi connectivity index (χ0) is 20.4. The fraction of sp³-hybridized carbons (Fsp3) is 0.300. The van der Waals surface area contributed by atoms with Gasteiger partial charge in [-0.3, -0.25) is 4.79 Å². The van der Waals surface area contributed by atoms with Gasteiger partial charge in [-0.2, -0.15) is 4.31 Å². The van der Waals surface area contributed by atoms with Crippen LogP contribution in [0.4, 0.5) is 0 Å². The fourth-order valence-corrected chi connectivity index (χ4v) is 5.25. The van der Waals surface area contributed by atoms with Gasteiger partial charge in [0.2, 0.25) is 10.0 Å². The van der Waals surface area contributed by atoms with Gasteiger partial charge in [0.1, 0.15) is 5.65 Å². The number of aliphatic hydroxyl groups is 1. The monoisotopic (exact) mass is 414 g/mol. The first-order valence-corrected chi connectivity index (χ1v) is 10.9. The molecule has 1 atom stereocenters.